The molecular weight excluding hydrogens is 335 g/mol. The number of aryl methyl sites for hydroxylation is 1. The Balaban J connectivity index is 2.36. The molecular formula is C15H9IN2. The van der Waals surface area contributed by atoms with E-state index in [0.717, 1.165) is 20.5 Å². The molecule has 86 valence electrons. The van der Waals surface area contributed by atoms with Crippen molar-refractivity contribution < 1.29 is 0 Å². The smallest absolute Gasteiger partial charge is 0.113 e. The lowest BCUT2D eigenvalue weighted by Gasteiger charge is -1.95. The number of hydrogen-bond acceptors (Lipinski definition) is 2. The summed E-state index contributed by atoms with van der Waals surface area (Å²) in [4.78, 5) is 4.31. The van der Waals surface area contributed by atoms with Gasteiger partial charge in [-0.2, -0.15) is 5.26 Å². The second-order valence-corrected chi connectivity index (χ2v) is 5.00. The molecule has 2 nitrogen and oxygen atoms in total. The Morgan fingerprint density at radius 2 is 1.89 bits per heavy atom. The Kier molecular flexibility index (Phi) is 3.96. The third-order valence-electron chi connectivity index (χ3n) is 2.25. The zero-order valence-corrected chi connectivity index (χ0v) is 11.9. The highest BCUT2D eigenvalue weighted by molar-refractivity contribution is 14.1. The average Bonchev–Trinajstić information content (AvgIpc) is 2.36. The fourth-order valence-corrected chi connectivity index (χ4v) is 2.15. The highest BCUT2D eigenvalue weighted by Gasteiger charge is 1.96. The molecule has 0 amide bonds. The summed E-state index contributed by atoms with van der Waals surface area (Å²) in [5, 5.41) is 8.89. The molecule has 0 saturated heterocycles. The van der Waals surface area contributed by atoms with Crippen LogP contribution in [-0.2, 0) is 0 Å². The van der Waals surface area contributed by atoms with Crippen LogP contribution in [0.15, 0.2) is 36.4 Å². The maximum Gasteiger partial charge on any atom is 0.113 e. The fraction of sp³-hybridized carbons (Fsp3) is 0.0667. The van der Waals surface area contributed by atoms with E-state index in [9.17, 15) is 0 Å². The quantitative estimate of drug-likeness (QED) is 0.543. The molecule has 18 heavy (non-hydrogen) atoms. The lowest BCUT2D eigenvalue weighted by Crippen LogP contribution is -1.86. The summed E-state index contributed by atoms with van der Waals surface area (Å²) in [6.07, 6.45) is 0. The van der Waals surface area contributed by atoms with Crippen molar-refractivity contribution in [2.45, 2.75) is 6.92 Å². The molecule has 0 radical (unpaired) electrons. The summed E-state index contributed by atoms with van der Waals surface area (Å²) < 4.78 is 1.01. The van der Waals surface area contributed by atoms with Crippen LogP contribution in [0.25, 0.3) is 0 Å². The zero-order valence-electron chi connectivity index (χ0n) is 9.74. The number of nitrogens with zero attached hydrogens (tertiary/aromatic N) is 2. The average molecular weight is 344 g/mol. The standard InChI is InChI=1S/C15H9IN2/c1-11-3-2-4-15(18-11)6-5-12-7-13(10-17)9-14(16)8-12/h2-4,7-9H,1H3. The van der Waals surface area contributed by atoms with Crippen molar-refractivity contribution in [1.82, 2.24) is 4.98 Å². The van der Waals surface area contributed by atoms with E-state index in [0.29, 0.717) is 5.56 Å². The van der Waals surface area contributed by atoms with Crippen LogP contribution < -0.4 is 0 Å². The van der Waals surface area contributed by atoms with E-state index in [4.69, 9.17) is 5.26 Å². The summed E-state index contributed by atoms with van der Waals surface area (Å²) in [6.45, 7) is 1.93. The third-order valence-corrected chi connectivity index (χ3v) is 2.87. The van der Waals surface area contributed by atoms with Gasteiger partial charge in [-0.25, -0.2) is 4.98 Å². The maximum absolute atomic E-state index is 8.89. The van der Waals surface area contributed by atoms with Gasteiger partial charge in [-0.05, 0) is 65.8 Å². The Hall–Kier alpha value is -1.85. The fourth-order valence-electron chi connectivity index (χ4n) is 1.48. The van der Waals surface area contributed by atoms with Gasteiger partial charge in [0.25, 0.3) is 0 Å². The summed E-state index contributed by atoms with van der Waals surface area (Å²) in [6, 6.07) is 13.4. The first kappa shape index (κ1) is 12.6. The normalized spacial score (nSPS) is 9.17. The van der Waals surface area contributed by atoms with Crippen molar-refractivity contribution in [3.8, 4) is 17.9 Å². The van der Waals surface area contributed by atoms with E-state index in [1.807, 2.05) is 37.3 Å². The molecule has 2 aromatic rings. The van der Waals surface area contributed by atoms with Gasteiger partial charge in [-0.3, -0.25) is 0 Å². The summed E-state index contributed by atoms with van der Waals surface area (Å²) in [7, 11) is 0. The van der Waals surface area contributed by atoms with E-state index < -0.39 is 0 Å². The first-order valence-electron chi connectivity index (χ1n) is 5.34. The van der Waals surface area contributed by atoms with Crippen LogP contribution in [-0.4, -0.2) is 4.98 Å². The molecule has 0 spiro atoms. The molecule has 0 atom stereocenters. The summed E-state index contributed by atoms with van der Waals surface area (Å²) in [5.41, 5.74) is 3.15. The topological polar surface area (TPSA) is 36.7 Å². The van der Waals surface area contributed by atoms with Gasteiger partial charge in [0.1, 0.15) is 5.69 Å². The van der Waals surface area contributed by atoms with E-state index in [-0.39, 0.29) is 0 Å². The predicted octanol–water partition coefficient (Wildman–Crippen LogP) is 3.27. The van der Waals surface area contributed by atoms with Crippen molar-refractivity contribution in [2.24, 2.45) is 0 Å². The summed E-state index contributed by atoms with van der Waals surface area (Å²) in [5.74, 6) is 6.04. The van der Waals surface area contributed by atoms with Gasteiger partial charge in [-0.1, -0.05) is 12.0 Å². The second-order valence-electron chi connectivity index (χ2n) is 3.75. The van der Waals surface area contributed by atoms with Crippen molar-refractivity contribution in [3.63, 3.8) is 0 Å². The minimum Gasteiger partial charge on any atom is -0.245 e. The molecule has 0 aliphatic rings. The maximum atomic E-state index is 8.89. The van der Waals surface area contributed by atoms with Gasteiger partial charge in [0, 0.05) is 14.8 Å². The van der Waals surface area contributed by atoms with Crippen molar-refractivity contribution in [3.05, 3.63) is 62.5 Å². The molecule has 3 heteroatoms. The molecule has 0 aliphatic carbocycles. The van der Waals surface area contributed by atoms with E-state index >= 15 is 0 Å². The molecule has 0 N–H and O–H groups in total. The number of rotatable bonds is 0. The van der Waals surface area contributed by atoms with E-state index in [1.54, 1.807) is 6.07 Å². The number of nitriles is 1. The molecule has 0 bridgehead atoms. The Morgan fingerprint density at radius 3 is 2.61 bits per heavy atom. The molecule has 0 aliphatic heterocycles. The first-order valence-corrected chi connectivity index (χ1v) is 6.41. The van der Waals surface area contributed by atoms with Gasteiger partial charge >= 0.3 is 0 Å². The predicted molar refractivity (Wildman–Crippen MR) is 78.8 cm³/mol. The first-order chi connectivity index (χ1) is 8.67. The van der Waals surface area contributed by atoms with Crippen molar-refractivity contribution >= 4 is 22.6 Å². The molecule has 1 heterocycles. The molecule has 0 saturated carbocycles. The van der Waals surface area contributed by atoms with Crippen LogP contribution in [0.5, 0.6) is 0 Å². The highest BCUT2D eigenvalue weighted by atomic mass is 127. The van der Waals surface area contributed by atoms with Crippen molar-refractivity contribution in [1.29, 1.82) is 5.26 Å². The largest absolute Gasteiger partial charge is 0.245 e. The van der Waals surface area contributed by atoms with Gasteiger partial charge in [0.05, 0.1) is 11.6 Å². The minimum atomic E-state index is 0.628. The van der Waals surface area contributed by atoms with Crippen LogP contribution in [0.2, 0.25) is 0 Å². The third kappa shape index (κ3) is 3.32. The Bertz CT molecular complexity index is 688. The number of pyridine rings is 1. The van der Waals surface area contributed by atoms with Gasteiger partial charge in [-0.15, -0.1) is 0 Å². The molecule has 1 aromatic carbocycles. The Morgan fingerprint density at radius 1 is 1.11 bits per heavy atom. The monoisotopic (exact) mass is 344 g/mol. The van der Waals surface area contributed by atoms with Gasteiger partial charge < -0.3 is 0 Å². The van der Waals surface area contributed by atoms with Crippen LogP contribution in [0.4, 0.5) is 0 Å². The van der Waals surface area contributed by atoms with Crippen LogP contribution >= 0.6 is 22.6 Å². The lowest BCUT2D eigenvalue weighted by molar-refractivity contribution is 1.18. The lowest BCUT2D eigenvalue weighted by atomic mass is 10.1. The molecule has 0 unspecified atom stereocenters. The summed E-state index contributed by atoms with van der Waals surface area (Å²) >= 11 is 2.18. The van der Waals surface area contributed by atoms with Crippen LogP contribution in [0.3, 0.4) is 0 Å². The van der Waals surface area contributed by atoms with Crippen LogP contribution in [0.1, 0.15) is 22.5 Å². The number of benzene rings is 1. The number of halogens is 1. The second kappa shape index (κ2) is 5.66. The molecule has 2 rings (SSSR count). The SMILES string of the molecule is Cc1cccc(C#Cc2cc(I)cc(C#N)c2)n1. The number of aromatic nitrogens is 1. The molecule has 1 aromatic heterocycles. The van der Waals surface area contributed by atoms with E-state index in [1.165, 1.54) is 0 Å². The van der Waals surface area contributed by atoms with Gasteiger partial charge in [0.2, 0.25) is 0 Å². The van der Waals surface area contributed by atoms with Crippen molar-refractivity contribution in [2.75, 3.05) is 0 Å². The Labute approximate surface area is 120 Å². The highest BCUT2D eigenvalue weighted by Crippen LogP contribution is 2.11. The zero-order chi connectivity index (χ0) is 13.0. The van der Waals surface area contributed by atoms with E-state index in [2.05, 4.69) is 45.5 Å². The molecule has 0 fully saturated rings. The minimum absolute atomic E-state index is 0.628. The number of hydrogen-bond donors (Lipinski definition) is 0. The van der Waals surface area contributed by atoms with Crippen LogP contribution in [0, 0.1) is 33.7 Å². The van der Waals surface area contributed by atoms with Gasteiger partial charge in [0.15, 0.2) is 0 Å².